The minimum Gasteiger partial charge on any atom is -0.497 e. The van der Waals surface area contributed by atoms with Crippen LogP contribution in [0, 0.1) is 10.1 Å². The number of rotatable bonds is 7. The molecule has 7 heteroatoms. The maximum atomic E-state index is 11.4. The number of carbonyl (C=O) groups is 1. The molecule has 1 N–H and O–H groups in total. The van der Waals surface area contributed by atoms with E-state index in [2.05, 4.69) is 0 Å². The van der Waals surface area contributed by atoms with Gasteiger partial charge in [0.15, 0.2) is 0 Å². The largest absolute Gasteiger partial charge is 0.497 e. The SMILES string of the molecule is COc1ccc([C@H](C[C@H](O)c2ccc([N+](=O)[O-])cc2)OC(C)=O)cc1. The molecule has 2 atom stereocenters. The predicted octanol–water partition coefficient (Wildman–Crippen LogP) is 3.33. The molecule has 0 fully saturated rings. The van der Waals surface area contributed by atoms with E-state index >= 15 is 0 Å². The lowest BCUT2D eigenvalue weighted by Gasteiger charge is -2.21. The standard InChI is InChI=1S/C18H19NO6/c1-12(20)25-18(14-5-9-16(24-2)10-6-14)11-17(21)13-3-7-15(8-4-13)19(22)23/h3-10,17-18,21H,11H2,1-2H3/t17-,18-/m0/s1. The van der Waals surface area contributed by atoms with E-state index in [0.717, 1.165) is 5.56 Å². The van der Waals surface area contributed by atoms with Gasteiger partial charge in [-0.2, -0.15) is 0 Å². The van der Waals surface area contributed by atoms with Gasteiger partial charge in [-0.25, -0.2) is 0 Å². The molecule has 0 saturated heterocycles. The van der Waals surface area contributed by atoms with Crippen molar-refractivity contribution in [1.82, 2.24) is 0 Å². The van der Waals surface area contributed by atoms with Gasteiger partial charge in [-0.15, -0.1) is 0 Å². The lowest BCUT2D eigenvalue weighted by atomic mass is 9.98. The van der Waals surface area contributed by atoms with Crippen molar-refractivity contribution >= 4 is 11.7 Å². The van der Waals surface area contributed by atoms with Crippen LogP contribution in [0.15, 0.2) is 48.5 Å². The summed E-state index contributed by atoms with van der Waals surface area (Å²) in [6.45, 7) is 1.30. The highest BCUT2D eigenvalue weighted by Gasteiger charge is 2.21. The molecule has 0 aliphatic carbocycles. The lowest BCUT2D eigenvalue weighted by Crippen LogP contribution is -2.12. The predicted molar refractivity (Wildman–Crippen MR) is 90.2 cm³/mol. The average Bonchev–Trinajstić information content (AvgIpc) is 2.61. The Hall–Kier alpha value is -2.93. The fraction of sp³-hybridized carbons (Fsp3) is 0.278. The van der Waals surface area contributed by atoms with Gasteiger partial charge in [0.05, 0.1) is 18.1 Å². The second-order valence-electron chi connectivity index (χ2n) is 5.47. The van der Waals surface area contributed by atoms with Gasteiger partial charge in [0.2, 0.25) is 0 Å². The maximum Gasteiger partial charge on any atom is 0.303 e. The van der Waals surface area contributed by atoms with E-state index in [-0.39, 0.29) is 12.1 Å². The van der Waals surface area contributed by atoms with Crippen molar-refractivity contribution in [1.29, 1.82) is 0 Å². The first-order chi connectivity index (χ1) is 11.9. The van der Waals surface area contributed by atoms with Crippen molar-refractivity contribution in [3.05, 3.63) is 69.8 Å². The van der Waals surface area contributed by atoms with Gasteiger partial charge in [-0.1, -0.05) is 12.1 Å². The van der Waals surface area contributed by atoms with E-state index in [1.165, 1.54) is 31.2 Å². The van der Waals surface area contributed by atoms with Crippen LogP contribution in [-0.4, -0.2) is 23.1 Å². The summed E-state index contributed by atoms with van der Waals surface area (Å²) < 4.78 is 10.4. The lowest BCUT2D eigenvalue weighted by molar-refractivity contribution is -0.384. The number of nitro benzene ring substituents is 1. The molecule has 0 aliphatic rings. The molecule has 0 bridgehead atoms. The van der Waals surface area contributed by atoms with Gasteiger partial charge in [-0.05, 0) is 35.4 Å². The van der Waals surface area contributed by atoms with Crippen LogP contribution in [0.1, 0.15) is 36.7 Å². The molecule has 0 radical (unpaired) electrons. The number of aliphatic hydroxyl groups excluding tert-OH is 1. The van der Waals surface area contributed by atoms with Gasteiger partial charge < -0.3 is 14.6 Å². The van der Waals surface area contributed by atoms with Crippen LogP contribution >= 0.6 is 0 Å². The smallest absolute Gasteiger partial charge is 0.303 e. The highest BCUT2D eigenvalue weighted by molar-refractivity contribution is 5.66. The second kappa shape index (κ2) is 8.25. The molecule has 132 valence electrons. The molecule has 0 unspecified atom stereocenters. The van der Waals surface area contributed by atoms with Crippen LogP contribution in [0.25, 0.3) is 0 Å². The van der Waals surface area contributed by atoms with E-state index in [1.54, 1.807) is 31.4 Å². The van der Waals surface area contributed by atoms with E-state index in [1.807, 2.05) is 0 Å². The molecule has 25 heavy (non-hydrogen) atoms. The zero-order chi connectivity index (χ0) is 18.4. The molecule has 7 nitrogen and oxygen atoms in total. The molecule has 0 heterocycles. The number of hydrogen-bond acceptors (Lipinski definition) is 6. The van der Waals surface area contributed by atoms with Crippen molar-refractivity contribution in [2.75, 3.05) is 7.11 Å². The third kappa shape index (κ3) is 5.02. The van der Waals surface area contributed by atoms with Gasteiger partial charge in [-0.3, -0.25) is 14.9 Å². The first kappa shape index (κ1) is 18.4. The zero-order valence-electron chi connectivity index (χ0n) is 13.9. The fourth-order valence-electron chi connectivity index (χ4n) is 2.43. The Morgan fingerprint density at radius 3 is 2.16 bits per heavy atom. The Labute approximate surface area is 145 Å². The summed E-state index contributed by atoms with van der Waals surface area (Å²) in [6.07, 6.45) is -1.45. The number of aliphatic hydroxyl groups is 1. The highest BCUT2D eigenvalue weighted by atomic mass is 16.6. The molecule has 0 amide bonds. The third-order valence-electron chi connectivity index (χ3n) is 3.72. The first-order valence-electron chi connectivity index (χ1n) is 7.64. The van der Waals surface area contributed by atoms with E-state index in [9.17, 15) is 20.0 Å². The summed E-state index contributed by atoms with van der Waals surface area (Å²) in [4.78, 5) is 21.6. The number of nitrogens with zero attached hydrogens (tertiary/aromatic N) is 1. The minimum atomic E-state index is -0.938. The van der Waals surface area contributed by atoms with Gasteiger partial charge >= 0.3 is 5.97 Å². The third-order valence-corrected chi connectivity index (χ3v) is 3.72. The molecule has 0 aromatic heterocycles. The molecular weight excluding hydrogens is 326 g/mol. The van der Waals surface area contributed by atoms with Crippen LogP contribution in [-0.2, 0) is 9.53 Å². The Morgan fingerprint density at radius 2 is 1.68 bits per heavy atom. The maximum absolute atomic E-state index is 11.4. The van der Waals surface area contributed by atoms with Crippen molar-refractivity contribution in [2.24, 2.45) is 0 Å². The Balaban J connectivity index is 2.17. The second-order valence-corrected chi connectivity index (χ2v) is 5.47. The van der Waals surface area contributed by atoms with Crippen molar-refractivity contribution < 1.29 is 24.3 Å². The van der Waals surface area contributed by atoms with Crippen LogP contribution in [0.3, 0.4) is 0 Å². The van der Waals surface area contributed by atoms with Crippen LogP contribution in [0.2, 0.25) is 0 Å². The Bertz CT molecular complexity index is 726. The van der Waals surface area contributed by atoms with Crippen LogP contribution in [0.5, 0.6) is 5.75 Å². The number of nitro groups is 1. The number of non-ortho nitro benzene ring substituents is 1. The Kier molecular flexibility index (Phi) is 6.08. The topological polar surface area (TPSA) is 98.9 Å². The average molecular weight is 345 g/mol. The summed E-state index contributed by atoms with van der Waals surface area (Å²) in [5.41, 5.74) is 1.18. The number of methoxy groups -OCH3 is 1. The molecule has 0 aliphatic heterocycles. The van der Waals surface area contributed by atoms with Gasteiger partial charge in [0.1, 0.15) is 11.9 Å². The number of carbonyl (C=O) groups excluding carboxylic acids is 1. The first-order valence-corrected chi connectivity index (χ1v) is 7.64. The van der Waals surface area contributed by atoms with E-state index in [0.29, 0.717) is 11.3 Å². The van der Waals surface area contributed by atoms with Gasteiger partial charge in [0.25, 0.3) is 5.69 Å². The van der Waals surface area contributed by atoms with Crippen LogP contribution in [0.4, 0.5) is 5.69 Å². The number of benzene rings is 2. The van der Waals surface area contributed by atoms with Crippen LogP contribution < -0.4 is 4.74 Å². The summed E-state index contributed by atoms with van der Waals surface area (Å²) >= 11 is 0. The quantitative estimate of drug-likeness (QED) is 0.469. The number of hydrogen-bond donors (Lipinski definition) is 1. The molecular formula is C18H19NO6. The van der Waals surface area contributed by atoms with E-state index < -0.39 is 23.1 Å². The highest BCUT2D eigenvalue weighted by Crippen LogP contribution is 2.31. The van der Waals surface area contributed by atoms with Gasteiger partial charge in [0, 0.05) is 25.5 Å². The van der Waals surface area contributed by atoms with Crippen molar-refractivity contribution in [2.45, 2.75) is 25.6 Å². The zero-order valence-corrected chi connectivity index (χ0v) is 13.9. The summed E-state index contributed by atoms with van der Waals surface area (Å²) in [5, 5.41) is 21.1. The summed E-state index contributed by atoms with van der Waals surface area (Å²) in [6, 6.07) is 12.6. The molecule has 2 aromatic carbocycles. The number of ether oxygens (including phenoxy) is 2. The molecule has 2 rings (SSSR count). The number of esters is 1. The molecule has 0 saturated carbocycles. The molecule has 0 spiro atoms. The van der Waals surface area contributed by atoms with Crippen molar-refractivity contribution in [3.8, 4) is 5.75 Å². The minimum absolute atomic E-state index is 0.0531. The fourth-order valence-corrected chi connectivity index (χ4v) is 2.43. The molecule has 2 aromatic rings. The van der Waals surface area contributed by atoms with Crippen molar-refractivity contribution in [3.63, 3.8) is 0 Å². The normalized spacial score (nSPS) is 12.9. The Morgan fingerprint density at radius 1 is 1.12 bits per heavy atom. The summed E-state index contributed by atoms with van der Waals surface area (Å²) in [7, 11) is 1.55. The van der Waals surface area contributed by atoms with E-state index in [4.69, 9.17) is 9.47 Å². The monoisotopic (exact) mass is 345 g/mol. The summed E-state index contributed by atoms with van der Waals surface area (Å²) in [5.74, 6) is 0.206.